The van der Waals surface area contributed by atoms with E-state index in [1.165, 1.54) is 25.8 Å². The van der Waals surface area contributed by atoms with Gasteiger partial charge in [0.05, 0.1) is 0 Å². The van der Waals surface area contributed by atoms with Gasteiger partial charge in [-0.05, 0) is 93.4 Å². The first-order valence-corrected chi connectivity index (χ1v) is 8.52. The van der Waals surface area contributed by atoms with Gasteiger partial charge in [0.1, 0.15) is 0 Å². The second-order valence-electron chi connectivity index (χ2n) is 8.05. The molecular weight excluding hydrogens is 218 g/mol. The van der Waals surface area contributed by atoms with Crippen LogP contribution in [-0.2, 0) is 0 Å². The molecule has 0 aromatic heterocycles. The molecule has 0 heterocycles. The standard InChI is InChI=1S/C17H29N/c1-2-5-18-16(15-3-4-15)17-9-12-6-13(10-17)8-14(7-12)11-17/h12-16,18H,2-11H2,1H3. The highest BCUT2D eigenvalue weighted by atomic mass is 15.0. The Morgan fingerprint density at radius 2 is 1.56 bits per heavy atom. The summed E-state index contributed by atoms with van der Waals surface area (Å²) in [4.78, 5) is 0. The van der Waals surface area contributed by atoms with Gasteiger partial charge in [0, 0.05) is 6.04 Å². The van der Waals surface area contributed by atoms with Crippen molar-refractivity contribution in [2.45, 2.75) is 70.8 Å². The van der Waals surface area contributed by atoms with Crippen LogP contribution in [0.1, 0.15) is 64.7 Å². The molecular formula is C17H29N. The number of hydrogen-bond donors (Lipinski definition) is 1. The fourth-order valence-electron chi connectivity index (χ4n) is 6.17. The van der Waals surface area contributed by atoms with Crippen molar-refractivity contribution < 1.29 is 0 Å². The summed E-state index contributed by atoms with van der Waals surface area (Å²) < 4.78 is 0. The van der Waals surface area contributed by atoms with Crippen molar-refractivity contribution in [3.63, 3.8) is 0 Å². The SMILES string of the molecule is CCCNC(C1CC1)C12CC3CC(CC(C3)C1)C2. The Morgan fingerprint density at radius 1 is 1.00 bits per heavy atom. The van der Waals surface area contributed by atoms with Crippen LogP contribution in [0.25, 0.3) is 0 Å². The van der Waals surface area contributed by atoms with Crippen LogP contribution in [0.15, 0.2) is 0 Å². The summed E-state index contributed by atoms with van der Waals surface area (Å²) in [6.07, 6.45) is 13.8. The smallest absolute Gasteiger partial charge is 0.0152 e. The second-order valence-corrected chi connectivity index (χ2v) is 8.05. The fourth-order valence-corrected chi connectivity index (χ4v) is 6.17. The van der Waals surface area contributed by atoms with Crippen LogP contribution in [0, 0.1) is 29.1 Å². The molecule has 0 saturated heterocycles. The average molecular weight is 247 g/mol. The van der Waals surface area contributed by atoms with Crippen molar-refractivity contribution in [1.29, 1.82) is 0 Å². The predicted octanol–water partition coefficient (Wildman–Crippen LogP) is 3.98. The molecule has 1 nitrogen and oxygen atoms in total. The minimum Gasteiger partial charge on any atom is -0.313 e. The van der Waals surface area contributed by atoms with Crippen LogP contribution >= 0.6 is 0 Å². The third-order valence-corrected chi connectivity index (χ3v) is 6.45. The fraction of sp³-hybridized carbons (Fsp3) is 1.00. The van der Waals surface area contributed by atoms with E-state index in [0.29, 0.717) is 0 Å². The van der Waals surface area contributed by atoms with Crippen molar-refractivity contribution in [2.24, 2.45) is 29.1 Å². The van der Waals surface area contributed by atoms with Gasteiger partial charge < -0.3 is 5.32 Å². The van der Waals surface area contributed by atoms with E-state index in [1.807, 2.05) is 0 Å². The van der Waals surface area contributed by atoms with E-state index in [1.54, 1.807) is 38.5 Å². The van der Waals surface area contributed by atoms with E-state index in [4.69, 9.17) is 0 Å². The van der Waals surface area contributed by atoms with Gasteiger partial charge in [0.25, 0.3) is 0 Å². The minimum atomic E-state index is 0.741. The van der Waals surface area contributed by atoms with Crippen molar-refractivity contribution >= 4 is 0 Å². The lowest BCUT2D eigenvalue weighted by atomic mass is 9.47. The second kappa shape index (κ2) is 4.23. The molecule has 5 aliphatic carbocycles. The largest absolute Gasteiger partial charge is 0.313 e. The first-order chi connectivity index (χ1) is 8.79. The van der Waals surface area contributed by atoms with Crippen LogP contribution < -0.4 is 5.32 Å². The highest BCUT2D eigenvalue weighted by molar-refractivity contribution is 5.09. The first kappa shape index (κ1) is 11.8. The first-order valence-electron chi connectivity index (χ1n) is 8.52. The molecule has 18 heavy (non-hydrogen) atoms. The van der Waals surface area contributed by atoms with E-state index in [0.717, 1.165) is 35.1 Å². The van der Waals surface area contributed by atoms with Crippen molar-refractivity contribution in [3.8, 4) is 0 Å². The van der Waals surface area contributed by atoms with Crippen LogP contribution in [0.4, 0.5) is 0 Å². The van der Waals surface area contributed by atoms with Gasteiger partial charge in [-0.1, -0.05) is 6.92 Å². The zero-order chi connectivity index (χ0) is 12.2. The van der Waals surface area contributed by atoms with Gasteiger partial charge in [-0.25, -0.2) is 0 Å². The molecule has 102 valence electrons. The Hall–Kier alpha value is -0.0400. The molecule has 0 aromatic rings. The summed E-state index contributed by atoms with van der Waals surface area (Å²) in [5, 5.41) is 3.99. The molecule has 0 aromatic carbocycles. The van der Waals surface area contributed by atoms with E-state index in [9.17, 15) is 0 Å². The van der Waals surface area contributed by atoms with E-state index in [2.05, 4.69) is 12.2 Å². The van der Waals surface area contributed by atoms with Gasteiger partial charge >= 0.3 is 0 Å². The maximum Gasteiger partial charge on any atom is 0.0152 e. The molecule has 4 bridgehead atoms. The van der Waals surface area contributed by atoms with Crippen LogP contribution in [-0.4, -0.2) is 12.6 Å². The number of hydrogen-bond acceptors (Lipinski definition) is 1. The summed E-state index contributed by atoms with van der Waals surface area (Å²) >= 11 is 0. The van der Waals surface area contributed by atoms with Gasteiger partial charge in [0.2, 0.25) is 0 Å². The van der Waals surface area contributed by atoms with E-state index in [-0.39, 0.29) is 0 Å². The zero-order valence-corrected chi connectivity index (χ0v) is 12.0. The Morgan fingerprint density at radius 3 is 2.00 bits per heavy atom. The van der Waals surface area contributed by atoms with Gasteiger partial charge in [-0.2, -0.15) is 0 Å². The molecule has 5 rings (SSSR count). The zero-order valence-electron chi connectivity index (χ0n) is 12.0. The summed E-state index contributed by atoms with van der Waals surface area (Å²) in [5.41, 5.74) is 0.741. The molecule has 5 saturated carbocycles. The minimum absolute atomic E-state index is 0.741. The topological polar surface area (TPSA) is 12.0 Å². The Labute approximate surface area is 112 Å². The van der Waals surface area contributed by atoms with Crippen LogP contribution in [0.5, 0.6) is 0 Å². The molecule has 0 amide bonds. The lowest BCUT2D eigenvalue weighted by Crippen LogP contribution is -2.56. The molecule has 0 radical (unpaired) electrons. The summed E-state index contributed by atoms with van der Waals surface area (Å²) in [7, 11) is 0. The molecule has 5 fully saturated rings. The molecule has 5 aliphatic rings. The van der Waals surface area contributed by atoms with Crippen LogP contribution in [0.2, 0.25) is 0 Å². The highest BCUT2D eigenvalue weighted by Crippen LogP contribution is 2.63. The Bertz CT molecular complexity index is 282. The van der Waals surface area contributed by atoms with Crippen molar-refractivity contribution in [2.75, 3.05) is 6.54 Å². The predicted molar refractivity (Wildman–Crippen MR) is 75.4 cm³/mol. The summed E-state index contributed by atoms with van der Waals surface area (Å²) in [5.74, 6) is 4.38. The molecule has 1 unspecified atom stereocenters. The molecule has 1 N–H and O–H groups in total. The molecule has 0 spiro atoms. The molecule has 1 heteroatoms. The van der Waals surface area contributed by atoms with Crippen molar-refractivity contribution in [1.82, 2.24) is 5.32 Å². The number of nitrogens with one attached hydrogen (secondary N) is 1. The molecule has 0 aliphatic heterocycles. The quantitative estimate of drug-likeness (QED) is 0.775. The lowest BCUT2D eigenvalue weighted by Gasteiger charge is -2.60. The van der Waals surface area contributed by atoms with E-state index < -0.39 is 0 Å². The van der Waals surface area contributed by atoms with E-state index >= 15 is 0 Å². The monoisotopic (exact) mass is 247 g/mol. The summed E-state index contributed by atoms with van der Waals surface area (Å²) in [6.45, 7) is 3.57. The third-order valence-electron chi connectivity index (χ3n) is 6.45. The maximum absolute atomic E-state index is 3.99. The van der Waals surface area contributed by atoms with Gasteiger partial charge in [-0.15, -0.1) is 0 Å². The summed E-state index contributed by atoms with van der Waals surface area (Å²) in [6, 6.07) is 0.894. The number of rotatable bonds is 5. The highest BCUT2D eigenvalue weighted by Gasteiger charge is 2.56. The van der Waals surface area contributed by atoms with Gasteiger partial charge in [-0.3, -0.25) is 0 Å². The lowest BCUT2D eigenvalue weighted by molar-refractivity contribution is -0.0779. The molecule has 1 atom stereocenters. The third kappa shape index (κ3) is 1.85. The normalized spacial score (nSPS) is 47.5. The average Bonchev–Trinajstić information content (AvgIpc) is 3.11. The Balaban J connectivity index is 1.57. The Kier molecular flexibility index (Phi) is 2.76. The maximum atomic E-state index is 3.99. The van der Waals surface area contributed by atoms with Crippen molar-refractivity contribution in [3.05, 3.63) is 0 Å². The van der Waals surface area contributed by atoms with Crippen LogP contribution in [0.3, 0.4) is 0 Å². The van der Waals surface area contributed by atoms with Gasteiger partial charge in [0.15, 0.2) is 0 Å².